The van der Waals surface area contributed by atoms with Crippen LogP contribution < -0.4 is 0 Å². The van der Waals surface area contributed by atoms with Crippen LogP contribution in [0.15, 0.2) is 49.1 Å². The van der Waals surface area contributed by atoms with E-state index >= 15 is 0 Å². The summed E-state index contributed by atoms with van der Waals surface area (Å²) in [5.41, 5.74) is 2.24. The van der Waals surface area contributed by atoms with Crippen LogP contribution in [0.25, 0.3) is 10.9 Å². The van der Waals surface area contributed by atoms with Crippen LogP contribution in [0.2, 0.25) is 0 Å². The molecule has 0 bridgehead atoms. The monoisotopic (exact) mass is 239 g/mol. The maximum absolute atomic E-state index is 10.4. The largest absolute Gasteiger partial charge is 0.382 e. The fraction of sp³-hybridized carbons (Fsp3) is 0.143. The molecule has 3 aromatic rings. The number of hydrogen-bond acceptors (Lipinski definition) is 3. The standard InChI is InChI=1S/C14H13N3O/c1-17-8-12(16-9-17)14(18)11-6-2-4-10-5-3-7-15-13(10)11/h2-9,14,18H,1H3. The van der Waals surface area contributed by atoms with E-state index in [1.54, 1.807) is 12.5 Å². The van der Waals surface area contributed by atoms with Crippen molar-refractivity contribution < 1.29 is 5.11 Å². The molecule has 0 amide bonds. The Morgan fingerprint density at radius 1 is 1.17 bits per heavy atom. The molecule has 18 heavy (non-hydrogen) atoms. The zero-order valence-corrected chi connectivity index (χ0v) is 9.99. The van der Waals surface area contributed by atoms with Gasteiger partial charge in [-0.1, -0.05) is 24.3 Å². The van der Waals surface area contributed by atoms with E-state index in [2.05, 4.69) is 9.97 Å². The van der Waals surface area contributed by atoms with Crippen LogP contribution in [0.5, 0.6) is 0 Å². The number of aryl methyl sites for hydroxylation is 1. The fourth-order valence-corrected chi connectivity index (χ4v) is 2.08. The van der Waals surface area contributed by atoms with Gasteiger partial charge in [-0.3, -0.25) is 4.98 Å². The van der Waals surface area contributed by atoms with E-state index < -0.39 is 6.10 Å². The Hall–Kier alpha value is -2.20. The highest BCUT2D eigenvalue weighted by Gasteiger charge is 2.16. The summed E-state index contributed by atoms with van der Waals surface area (Å²) in [6.07, 6.45) is 4.48. The molecular formula is C14H13N3O. The molecule has 1 unspecified atom stereocenters. The van der Waals surface area contributed by atoms with Crippen molar-refractivity contribution in [3.8, 4) is 0 Å². The lowest BCUT2D eigenvalue weighted by Gasteiger charge is -2.10. The molecule has 0 saturated carbocycles. The molecule has 0 fully saturated rings. The molecule has 4 nitrogen and oxygen atoms in total. The maximum Gasteiger partial charge on any atom is 0.125 e. The SMILES string of the molecule is Cn1cnc(C(O)c2cccc3cccnc23)c1. The first kappa shape index (κ1) is 10.9. The normalized spacial score (nSPS) is 12.8. The summed E-state index contributed by atoms with van der Waals surface area (Å²) in [7, 11) is 1.88. The Kier molecular flexibility index (Phi) is 2.57. The van der Waals surface area contributed by atoms with E-state index in [0.717, 1.165) is 16.5 Å². The molecule has 1 atom stereocenters. The molecule has 4 heteroatoms. The first-order chi connectivity index (χ1) is 8.75. The van der Waals surface area contributed by atoms with Gasteiger partial charge in [0, 0.05) is 30.4 Å². The number of benzene rings is 1. The van der Waals surface area contributed by atoms with E-state index in [1.165, 1.54) is 0 Å². The number of aliphatic hydroxyl groups excluding tert-OH is 1. The van der Waals surface area contributed by atoms with Gasteiger partial charge in [0.25, 0.3) is 0 Å². The molecule has 0 spiro atoms. The predicted molar refractivity (Wildman–Crippen MR) is 69.0 cm³/mol. The van der Waals surface area contributed by atoms with Gasteiger partial charge in [0.05, 0.1) is 17.5 Å². The maximum atomic E-state index is 10.4. The smallest absolute Gasteiger partial charge is 0.125 e. The molecule has 0 aliphatic rings. The highest BCUT2D eigenvalue weighted by Crippen LogP contribution is 2.26. The minimum atomic E-state index is -0.746. The predicted octanol–water partition coefficient (Wildman–Crippen LogP) is 2.05. The topological polar surface area (TPSA) is 50.9 Å². The molecular weight excluding hydrogens is 226 g/mol. The molecule has 2 heterocycles. The van der Waals surface area contributed by atoms with Crippen molar-refractivity contribution in [2.45, 2.75) is 6.10 Å². The molecule has 0 saturated heterocycles. The van der Waals surface area contributed by atoms with Crippen molar-refractivity contribution in [3.63, 3.8) is 0 Å². The molecule has 2 aromatic heterocycles. The quantitative estimate of drug-likeness (QED) is 0.744. The van der Waals surface area contributed by atoms with Crippen LogP contribution in [0.4, 0.5) is 0 Å². The summed E-state index contributed by atoms with van der Waals surface area (Å²) >= 11 is 0. The number of fused-ring (bicyclic) bond motifs is 1. The first-order valence-electron chi connectivity index (χ1n) is 5.75. The Morgan fingerprint density at radius 3 is 2.78 bits per heavy atom. The van der Waals surface area contributed by atoms with Crippen molar-refractivity contribution in [3.05, 3.63) is 60.3 Å². The Labute approximate surface area is 105 Å². The number of aromatic nitrogens is 3. The van der Waals surface area contributed by atoms with Gasteiger partial charge < -0.3 is 9.67 Å². The van der Waals surface area contributed by atoms with Gasteiger partial charge in [0.2, 0.25) is 0 Å². The summed E-state index contributed by atoms with van der Waals surface area (Å²) < 4.78 is 1.82. The fourth-order valence-electron chi connectivity index (χ4n) is 2.08. The Bertz CT molecular complexity index is 685. The lowest BCUT2D eigenvalue weighted by molar-refractivity contribution is 0.217. The molecule has 0 aliphatic carbocycles. The lowest BCUT2D eigenvalue weighted by Crippen LogP contribution is -2.01. The van der Waals surface area contributed by atoms with E-state index in [4.69, 9.17) is 0 Å². The van der Waals surface area contributed by atoms with Crippen molar-refractivity contribution in [2.24, 2.45) is 7.05 Å². The molecule has 3 rings (SSSR count). The number of para-hydroxylation sites is 1. The second kappa shape index (κ2) is 4.23. The zero-order valence-electron chi connectivity index (χ0n) is 9.99. The van der Waals surface area contributed by atoms with Crippen molar-refractivity contribution in [2.75, 3.05) is 0 Å². The zero-order chi connectivity index (χ0) is 12.5. The van der Waals surface area contributed by atoms with Crippen LogP contribution >= 0.6 is 0 Å². The van der Waals surface area contributed by atoms with E-state index in [1.807, 2.05) is 48.1 Å². The average molecular weight is 239 g/mol. The second-order valence-electron chi connectivity index (χ2n) is 4.29. The van der Waals surface area contributed by atoms with E-state index in [9.17, 15) is 5.11 Å². The molecule has 0 aliphatic heterocycles. The van der Waals surface area contributed by atoms with Crippen LogP contribution in [-0.2, 0) is 7.05 Å². The van der Waals surface area contributed by atoms with Crippen LogP contribution in [-0.4, -0.2) is 19.6 Å². The summed E-state index contributed by atoms with van der Waals surface area (Å²) in [4.78, 5) is 8.52. The van der Waals surface area contributed by atoms with Crippen molar-refractivity contribution in [1.82, 2.24) is 14.5 Å². The highest BCUT2D eigenvalue weighted by atomic mass is 16.3. The third-order valence-electron chi connectivity index (χ3n) is 2.96. The van der Waals surface area contributed by atoms with Gasteiger partial charge in [0.15, 0.2) is 0 Å². The van der Waals surface area contributed by atoms with Crippen LogP contribution in [0.1, 0.15) is 17.4 Å². The van der Waals surface area contributed by atoms with E-state index in [0.29, 0.717) is 5.69 Å². The van der Waals surface area contributed by atoms with Gasteiger partial charge in [-0.2, -0.15) is 0 Å². The highest BCUT2D eigenvalue weighted by molar-refractivity contribution is 5.82. The average Bonchev–Trinajstić information content (AvgIpc) is 2.84. The van der Waals surface area contributed by atoms with Gasteiger partial charge in [-0.15, -0.1) is 0 Å². The third-order valence-corrected chi connectivity index (χ3v) is 2.96. The van der Waals surface area contributed by atoms with Crippen LogP contribution in [0, 0.1) is 0 Å². The van der Waals surface area contributed by atoms with E-state index in [-0.39, 0.29) is 0 Å². The second-order valence-corrected chi connectivity index (χ2v) is 4.29. The Balaban J connectivity index is 2.14. The molecule has 1 aromatic carbocycles. The summed E-state index contributed by atoms with van der Waals surface area (Å²) in [5.74, 6) is 0. The molecule has 90 valence electrons. The Morgan fingerprint density at radius 2 is 2.00 bits per heavy atom. The summed E-state index contributed by atoms with van der Waals surface area (Å²) in [6.45, 7) is 0. The number of nitrogens with zero attached hydrogens (tertiary/aromatic N) is 3. The van der Waals surface area contributed by atoms with Gasteiger partial charge >= 0.3 is 0 Å². The number of rotatable bonds is 2. The molecule has 1 N–H and O–H groups in total. The first-order valence-corrected chi connectivity index (χ1v) is 5.75. The van der Waals surface area contributed by atoms with Crippen LogP contribution in [0.3, 0.4) is 0 Å². The number of pyridine rings is 1. The van der Waals surface area contributed by atoms with Crippen molar-refractivity contribution >= 4 is 10.9 Å². The molecule has 0 radical (unpaired) electrons. The number of imidazole rings is 1. The van der Waals surface area contributed by atoms with Gasteiger partial charge in [-0.05, 0) is 6.07 Å². The summed E-state index contributed by atoms with van der Waals surface area (Å²) in [5, 5.41) is 11.4. The summed E-state index contributed by atoms with van der Waals surface area (Å²) in [6, 6.07) is 9.66. The number of aliphatic hydroxyl groups is 1. The van der Waals surface area contributed by atoms with Crippen molar-refractivity contribution in [1.29, 1.82) is 0 Å². The van der Waals surface area contributed by atoms with Gasteiger partial charge in [0.1, 0.15) is 6.10 Å². The van der Waals surface area contributed by atoms with Gasteiger partial charge in [-0.25, -0.2) is 4.98 Å². The third kappa shape index (κ3) is 1.76. The lowest BCUT2D eigenvalue weighted by atomic mass is 10.0. The minimum Gasteiger partial charge on any atom is -0.382 e. The number of hydrogen-bond donors (Lipinski definition) is 1. The minimum absolute atomic E-state index is 0.635.